The van der Waals surface area contributed by atoms with Crippen molar-refractivity contribution >= 4 is 22.6 Å². The van der Waals surface area contributed by atoms with Crippen LogP contribution in [0.3, 0.4) is 0 Å². The van der Waals surface area contributed by atoms with E-state index in [1.165, 1.54) is 10.0 Å². The average Bonchev–Trinajstić information content (AvgIpc) is 2.25. The van der Waals surface area contributed by atoms with Crippen LogP contribution < -0.4 is 0 Å². The van der Waals surface area contributed by atoms with E-state index in [4.69, 9.17) is 9.47 Å². The van der Waals surface area contributed by atoms with Crippen molar-refractivity contribution in [1.29, 1.82) is 0 Å². The normalized spacial score (nSPS) is 12.9. The fourth-order valence-corrected chi connectivity index (χ4v) is 1.99. The fourth-order valence-electron chi connectivity index (χ4n) is 1.24. The van der Waals surface area contributed by atoms with E-state index in [9.17, 15) is 0 Å². The number of allylic oxidation sites excluding steroid dienone is 3. The van der Waals surface area contributed by atoms with Gasteiger partial charge in [-0.05, 0) is 46.4 Å². The third-order valence-electron chi connectivity index (χ3n) is 1.94. The molecule has 0 aliphatic rings. The predicted octanol–water partition coefficient (Wildman–Crippen LogP) is 4.45. The lowest BCUT2D eigenvalue weighted by atomic mass is 10.3. The first-order valence-electron chi connectivity index (χ1n) is 5.98. The van der Waals surface area contributed by atoms with Gasteiger partial charge in [0, 0.05) is 19.6 Å². The van der Waals surface area contributed by atoms with Crippen LogP contribution in [0.2, 0.25) is 0 Å². The zero-order valence-corrected chi connectivity index (χ0v) is 12.7. The quantitative estimate of drug-likeness (QED) is 0.351. The summed E-state index contributed by atoms with van der Waals surface area (Å²) in [5, 5.41) is 0. The van der Waals surface area contributed by atoms with Gasteiger partial charge in [0.15, 0.2) is 6.29 Å². The molecule has 0 aliphatic carbocycles. The Kier molecular flexibility index (Phi) is 11.7. The topological polar surface area (TPSA) is 18.5 Å². The first-order chi connectivity index (χ1) is 7.74. The molecule has 0 N–H and O–H groups in total. The molecule has 0 fully saturated rings. The van der Waals surface area contributed by atoms with E-state index in [-0.39, 0.29) is 6.29 Å². The molecule has 0 rings (SSSR count). The molecule has 3 heteroatoms. The van der Waals surface area contributed by atoms with Gasteiger partial charge in [-0.2, -0.15) is 0 Å². The zero-order chi connectivity index (χ0) is 12.2. The summed E-state index contributed by atoms with van der Waals surface area (Å²) in [6.45, 7) is 7.56. The van der Waals surface area contributed by atoms with Crippen molar-refractivity contribution in [2.24, 2.45) is 0 Å². The van der Waals surface area contributed by atoms with Crippen LogP contribution in [0.15, 0.2) is 21.8 Å². The van der Waals surface area contributed by atoms with Crippen molar-refractivity contribution in [3.8, 4) is 0 Å². The van der Waals surface area contributed by atoms with Crippen LogP contribution in [-0.2, 0) is 9.47 Å². The van der Waals surface area contributed by atoms with Gasteiger partial charge in [0.1, 0.15) is 0 Å². The summed E-state index contributed by atoms with van der Waals surface area (Å²) in [6, 6.07) is 0. The predicted molar refractivity (Wildman–Crippen MR) is 77.8 cm³/mol. The summed E-state index contributed by atoms with van der Waals surface area (Å²) in [4.78, 5) is 0. The zero-order valence-electron chi connectivity index (χ0n) is 10.5. The number of hydrogen-bond acceptors (Lipinski definition) is 2. The van der Waals surface area contributed by atoms with Crippen LogP contribution in [0.5, 0.6) is 0 Å². The van der Waals surface area contributed by atoms with E-state index in [2.05, 4.69) is 47.7 Å². The third kappa shape index (κ3) is 9.36. The third-order valence-corrected chi connectivity index (χ3v) is 2.83. The molecular formula is C13H23IO2. The highest BCUT2D eigenvalue weighted by atomic mass is 127. The SMILES string of the molecule is CCC/C(I)=C\C=C\CC(OCC)OCC. The van der Waals surface area contributed by atoms with Crippen molar-refractivity contribution < 1.29 is 9.47 Å². The Morgan fingerprint density at radius 3 is 2.31 bits per heavy atom. The van der Waals surface area contributed by atoms with Gasteiger partial charge in [-0.25, -0.2) is 0 Å². The maximum absolute atomic E-state index is 5.44. The van der Waals surface area contributed by atoms with Crippen LogP contribution in [0.25, 0.3) is 0 Å². The molecular weight excluding hydrogens is 315 g/mol. The number of ether oxygens (including phenoxy) is 2. The van der Waals surface area contributed by atoms with Gasteiger partial charge in [-0.15, -0.1) is 0 Å². The summed E-state index contributed by atoms with van der Waals surface area (Å²) in [5.41, 5.74) is 0. The molecule has 94 valence electrons. The van der Waals surface area contributed by atoms with Crippen molar-refractivity contribution in [3.63, 3.8) is 0 Å². The highest BCUT2D eigenvalue weighted by molar-refractivity contribution is 14.1. The Hall–Kier alpha value is 0.130. The van der Waals surface area contributed by atoms with Crippen molar-refractivity contribution in [3.05, 3.63) is 21.8 Å². The smallest absolute Gasteiger partial charge is 0.160 e. The van der Waals surface area contributed by atoms with E-state index >= 15 is 0 Å². The second-order valence-electron chi connectivity index (χ2n) is 3.37. The molecule has 0 spiro atoms. The van der Waals surface area contributed by atoms with Gasteiger partial charge < -0.3 is 9.47 Å². The minimum absolute atomic E-state index is 0.0940. The Bertz CT molecular complexity index is 206. The molecule has 0 atom stereocenters. The second kappa shape index (κ2) is 11.6. The molecule has 0 saturated heterocycles. The van der Waals surface area contributed by atoms with E-state index in [1.807, 2.05) is 13.8 Å². The molecule has 0 amide bonds. The molecule has 0 radical (unpaired) electrons. The molecule has 0 bridgehead atoms. The van der Waals surface area contributed by atoms with Gasteiger partial charge in [0.2, 0.25) is 0 Å². The van der Waals surface area contributed by atoms with Crippen LogP contribution in [0.4, 0.5) is 0 Å². The molecule has 0 aromatic heterocycles. The van der Waals surface area contributed by atoms with E-state index in [0.29, 0.717) is 13.2 Å². The molecule has 0 aliphatic heterocycles. The monoisotopic (exact) mass is 338 g/mol. The van der Waals surface area contributed by atoms with Gasteiger partial charge >= 0.3 is 0 Å². The highest BCUT2D eigenvalue weighted by Gasteiger charge is 2.03. The van der Waals surface area contributed by atoms with Gasteiger partial charge in [0.25, 0.3) is 0 Å². The molecule has 0 heterocycles. The molecule has 2 nitrogen and oxygen atoms in total. The lowest BCUT2D eigenvalue weighted by Gasteiger charge is -2.14. The minimum atomic E-state index is -0.0940. The Labute approximate surface area is 113 Å². The standard InChI is InChI=1S/C13H23IO2/c1-4-9-12(14)10-7-8-11-13(15-5-2)16-6-3/h7-8,10,13H,4-6,9,11H2,1-3H3/b8-7+,12-10+. The van der Waals surface area contributed by atoms with Gasteiger partial charge in [0.05, 0.1) is 0 Å². The first kappa shape index (κ1) is 16.1. The Balaban J connectivity index is 3.89. The molecule has 0 unspecified atom stereocenters. The summed E-state index contributed by atoms with van der Waals surface area (Å²) in [5.74, 6) is 0. The highest BCUT2D eigenvalue weighted by Crippen LogP contribution is 2.13. The molecule has 0 saturated carbocycles. The van der Waals surface area contributed by atoms with Crippen LogP contribution in [-0.4, -0.2) is 19.5 Å². The van der Waals surface area contributed by atoms with Crippen LogP contribution in [0.1, 0.15) is 40.0 Å². The second-order valence-corrected chi connectivity index (χ2v) is 4.75. The lowest BCUT2D eigenvalue weighted by Crippen LogP contribution is -2.16. The maximum atomic E-state index is 5.44. The fraction of sp³-hybridized carbons (Fsp3) is 0.692. The summed E-state index contributed by atoms with van der Waals surface area (Å²) < 4.78 is 12.3. The Morgan fingerprint density at radius 1 is 1.19 bits per heavy atom. The lowest BCUT2D eigenvalue weighted by molar-refractivity contribution is -0.133. The summed E-state index contributed by atoms with van der Waals surface area (Å²) >= 11 is 2.38. The molecule has 0 aromatic carbocycles. The number of rotatable bonds is 9. The van der Waals surface area contributed by atoms with Crippen molar-refractivity contribution in [2.75, 3.05) is 13.2 Å². The van der Waals surface area contributed by atoms with Crippen molar-refractivity contribution in [1.82, 2.24) is 0 Å². The van der Waals surface area contributed by atoms with E-state index < -0.39 is 0 Å². The number of halogens is 1. The Morgan fingerprint density at radius 2 is 1.81 bits per heavy atom. The van der Waals surface area contributed by atoms with Gasteiger partial charge in [-0.1, -0.05) is 31.6 Å². The molecule has 16 heavy (non-hydrogen) atoms. The van der Waals surface area contributed by atoms with Crippen molar-refractivity contribution in [2.45, 2.75) is 46.3 Å². The summed E-state index contributed by atoms with van der Waals surface area (Å²) in [7, 11) is 0. The summed E-state index contributed by atoms with van der Waals surface area (Å²) in [6.07, 6.45) is 9.41. The van der Waals surface area contributed by atoms with E-state index in [1.54, 1.807) is 0 Å². The largest absolute Gasteiger partial charge is 0.353 e. The maximum Gasteiger partial charge on any atom is 0.160 e. The first-order valence-corrected chi connectivity index (χ1v) is 7.06. The minimum Gasteiger partial charge on any atom is -0.353 e. The van der Waals surface area contributed by atoms with Crippen LogP contribution >= 0.6 is 22.6 Å². The average molecular weight is 338 g/mol. The van der Waals surface area contributed by atoms with E-state index in [0.717, 1.165) is 12.8 Å². The van der Waals surface area contributed by atoms with Crippen LogP contribution in [0, 0.1) is 0 Å². The number of hydrogen-bond donors (Lipinski definition) is 0. The van der Waals surface area contributed by atoms with Gasteiger partial charge in [-0.3, -0.25) is 0 Å². The molecule has 0 aromatic rings.